The molecule has 0 unspecified atom stereocenters. The first-order valence-corrected chi connectivity index (χ1v) is 0.548. The van der Waals surface area contributed by atoms with Gasteiger partial charge in [0.05, 0.1) is 5.09 Å². The van der Waals surface area contributed by atoms with Crippen molar-refractivity contribution in [1.29, 1.82) is 0 Å². The predicted molar refractivity (Wildman–Crippen MR) is 14.0 cm³/mol. The van der Waals surface area contributed by atoms with Crippen molar-refractivity contribution < 1.29 is 61.9 Å². The Hall–Kier alpha value is 0.796. The molecule has 32 valence electrons. The number of nitrogens with zero attached hydrogens (tertiary/aromatic N) is 1. The maximum absolute atomic E-state index is 8.25. The molecule has 0 fully saturated rings. The number of rotatable bonds is 0. The van der Waals surface area contributed by atoms with E-state index in [0.717, 1.165) is 0 Å². The largest absolute Gasteiger partial charge is 1.00 e. The van der Waals surface area contributed by atoms with Gasteiger partial charge in [-0.1, -0.05) is 0 Å². The first kappa shape index (κ1) is 15.8. The molecule has 0 amide bonds. The summed E-state index contributed by atoms with van der Waals surface area (Å²) in [4.78, 5) is 8.25. The van der Waals surface area contributed by atoms with Gasteiger partial charge in [-0.2, -0.15) is 0 Å². The van der Waals surface area contributed by atoms with Gasteiger partial charge < -0.3 is 20.8 Å². The minimum absolute atomic E-state index is 0. The first-order valence-electron chi connectivity index (χ1n) is 0.548. The van der Waals surface area contributed by atoms with Crippen LogP contribution in [-0.4, -0.2) is 10.6 Å². The van der Waals surface area contributed by atoms with Crippen molar-refractivity contribution in [2.45, 2.75) is 0 Å². The van der Waals surface area contributed by atoms with Gasteiger partial charge in [0.2, 0.25) is 0 Å². The van der Waals surface area contributed by atoms with Crippen LogP contribution >= 0.6 is 0 Å². The number of hydrogen-bond donors (Lipinski definition) is 0. The molecular weight excluding hydrogens is 117 g/mol. The van der Waals surface area contributed by atoms with E-state index in [-0.39, 0.29) is 56.9 Å². The molecule has 0 aromatic heterocycles. The zero-order valence-corrected chi connectivity index (χ0v) is 6.30. The third-order valence-electron chi connectivity index (χ3n) is 0. The van der Waals surface area contributed by atoms with E-state index in [1.807, 2.05) is 0 Å². The smallest absolute Gasteiger partial charge is 0.412 e. The van der Waals surface area contributed by atoms with Crippen LogP contribution in [0.2, 0.25) is 0 Å². The van der Waals surface area contributed by atoms with Gasteiger partial charge >= 0.3 is 51.4 Å². The van der Waals surface area contributed by atoms with Crippen molar-refractivity contribution in [2.75, 3.05) is 0 Å². The van der Waals surface area contributed by atoms with E-state index < -0.39 is 5.09 Å². The summed E-state index contributed by atoms with van der Waals surface area (Å²) < 4.78 is 0. The van der Waals surface area contributed by atoms with Crippen LogP contribution in [0.25, 0.3) is 0 Å². The molecule has 0 aromatic rings. The van der Waals surface area contributed by atoms with Crippen molar-refractivity contribution in [2.24, 2.45) is 0 Å². The molecule has 0 rings (SSSR count). The Labute approximate surface area is 76.2 Å². The van der Waals surface area contributed by atoms with Gasteiger partial charge in [-0.3, -0.25) is 0 Å². The second-order valence-electron chi connectivity index (χ2n) is 0.224. The summed E-state index contributed by atoms with van der Waals surface area (Å²) in [7, 11) is 0. The number of hydrogen-bond acceptors (Lipinski definition) is 3. The van der Waals surface area contributed by atoms with E-state index in [4.69, 9.17) is 15.3 Å². The van der Waals surface area contributed by atoms with Crippen molar-refractivity contribution in [3.63, 3.8) is 0 Å². The summed E-state index contributed by atoms with van der Waals surface area (Å²) in [5.74, 6) is 0. The minimum Gasteiger partial charge on any atom is -0.412 e. The second kappa shape index (κ2) is 9.25. The van der Waals surface area contributed by atoms with Crippen LogP contribution in [-0.2, 0) is 0 Å². The van der Waals surface area contributed by atoms with Crippen molar-refractivity contribution in [3.8, 4) is 0 Å². The summed E-state index contributed by atoms with van der Waals surface area (Å²) in [5.41, 5.74) is 0. The average molecular weight is 119 g/mol. The fraction of sp³-hybridized carbons (Fsp3) is 0. The zero-order valence-electron chi connectivity index (χ0n) is 3.17. The van der Waals surface area contributed by atoms with Gasteiger partial charge in [0, 0.05) is 0 Å². The van der Waals surface area contributed by atoms with Crippen LogP contribution in [0.15, 0.2) is 0 Å². The quantitative estimate of drug-likeness (QED) is 0.184. The summed E-state index contributed by atoms with van der Waals surface area (Å²) in [5, 5.41) is 14.8. The standard InChI is InChI=1S/K.NO3.H2O/c;2-1(3)4;/h;;1H2/q+1;-1;. The van der Waals surface area contributed by atoms with E-state index in [1.54, 1.807) is 0 Å². The Balaban J connectivity index is -0.0000000450. The van der Waals surface area contributed by atoms with E-state index in [0.29, 0.717) is 0 Å². The first-order chi connectivity index (χ1) is 1.73. The van der Waals surface area contributed by atoms with E-state index in [1.165, 1.54) is 0 Å². The molecule has 6 heavy (non-hydrogen) atoms. The average Bonchev–Trinajstić information content (AvgIpc) is 0.811. The fourth-order valence-electron chi connectivity index (χ4n) is 0. The predicted octanol–water partition coefficient (Wildman–Crippen LogP) is -4.06. The van der Waals surface area contributed by atoms with Crippen LogP contribution in [0.4, 0.5) is 0 Å². The third-order valence-corrected chi connectivity index (χ3v) is 0. The molecule has 0 saturated heterocycles. The Kier molecular flexibility index (Phi) is 24.4. The topological polar surface area (TPSA) is 97.7 Å². The summed E-state index contributed by atoms with van der Waals surface area (Å²) >= 11 is 0. The molecule has 0 aliphatic carbocycles. The van der Waals surface area contributed by atoms with Gasteiger partial charge in [0.15, 0.2) is 0 Å². The fourth-order valence-corrected chi connectivity index (χ4v) is 0. The zero-order chi connectivity index (χ0) is 3.58. The minimum atomic E-state index is -1.75. The molecule has 0 atom stereocenters. The van der Waals surface area contributed by atoms with Crippen LogP contribution in [0.5, 0.6) is 0 Å². The molecule has 0 spiro atoms. The van der Waals surface area contributed by atoms with Crippen LogP contribution in [0, 0.1) is 15.3 Å². The Morgan fingerprint density at radius 3 is 1.33 bits per heavy atom. The Morgan fingerprint density at radius 2 is 1.33 bits per heavy atom. The molecular formula is H2KNO4. The van der Waals surface area contributed by atoms with Gasteiger partial charge in [-0.25, -0.2) is 0 Å². The van der Waals surface area contributed by atoms with Crippen molar-refractivity contribution in [3.05, 3.63) is 15.3 Å². The summed E-state index contributed by atoms with van der Waals surface area (Å²) in [6.07, 6.45) is 0. The SMILES string of the molecule is O.O=[N+]([O-])[O-].[K+]. The van der Waals surface area contributed by atoms with E-state index in [2.05, 4.69) is 0 Å². The van der Waals surface area contributed by atoms with Crippen molar-refractivity contribution in [1.82, 2.24) is 0 Å². The maximum Gasteiger partial charge on any atom is 1.00 e. The van der Waals surface area contributed by atoms with Gasteiger partial charge in [-0.05, 0) is 0 Å². The molecule has 6 heteroatoms. The third kappa shape index (κ3) is 109. The molecule has 0 aromatic carbocycles. The Bertz CT molecular complexity index is 30.5. The Morgan fingerprint density at radius 1 is 1.33 bits per heavy atom. The second-order valence-corrected chi connectivity index (χ2v) is 0.224. The van der Waals surface area contributed by atoms with E-state index >= 15 is 0 Å². The molecule has 0 radical (unpaired) electrons. The van der Waals surface area contributed by atoms with Gasteiger partial charge in [0.25, 0.3) is 0 Å². The van der Waals surface area contributed by atoms with Crippen LogP contribution in [0.1, 0.15) is 0 Å². The molecule has 5 nitrogen and oxygen atoms in total. The van der Waals surface area contributed by atoms with Gasteiger partial charge in [0.1, 0.15) is 0 Å². The molecule has 2 N–H and O–H groups in total. The molecule has 0 aliphatic heterocycles. The molecule has 0 saturated carbocycles. The molecule has 0 heterocycles. The normalized spacial score (nSPS) is 4.00. The molecule has 0 aliphatic rings. The summed E-state index contributed by atoms with van der Waals surface area (Å²) in [6, 6.07) is 0. The van der Waals surface area contributed by atoms with Crippen LogP contribution in [0.3, 0.4) is 0 Å². The van der Waals surface area contributed by atoms with Gasteiger partial charge in [-0.15, -0.1) is 0 Å². The maximum atomic E-state index is 8.25. The van der Waals surface area contributed by atoms with Crippen molar-refractivity contribution >= 4 is 0 Å². The van der Waals surface area contributed by atoms with Crippen LogP contribution < -0.4 is 51.4 Å². The monoisotopic (exact) mass is 119 g/mol. The molecule has 0 bridgehead atoms. The van der Waals surface area contributed by atoms with E-state index in [9.17, 15) is 0 Å². The summed E-state index contributed by atoms with van der Waals surface area (Å²) in [6.45, 7) is 0.